The van der Waals surface area contributed by atoms with Crippen LogP contribution in [0.5, 0.6) is 0 Å². The van der Waals surface area contributed by atoms with Gasteiger partial charge in [0.25, 0.3) is 0 Å². The molecule has 1 unspecified atom stereocenters. The van der Waals surface area contributed by atoms with E-state index in [2.05, 4.69) is 10.3 Å². The lowest BCUT2D eigenvalue weighted by atomic mass is 10.3. The van der Waals surface area contributed by atoms with Crippen molar-refractivity contribution in [2.24, 2.45) is 0 Å². The highest BCUT2D eigenvalue weighted by molar-refractivity contribution is 7.98. The number of aromatic carboxylic acids is 1. The average molecular weight is 288 g/mol. The van der Waals surface area contributed by atoms with Crippen molar-refractivity contribution in [3.05, 3.63) is 10.6 Å². The molecule has 0 saturated carbocycles. The van der Waals surface area contributed by atoms with E-state index in [1.165, 1.54) is 6.92 Å². The summed E-state index contributed by atoms with van der Waals surface area (Å²) in [6.07, 6.45) is 2.92. The maximum Gasteiger partial charge on any atom is 0.356 e. The predicted molar refractivity (Wildman–Crippen MR) is 75.2 cm³/mol. The molecular formula is C11H16N2O3S2. The second-order valence-electron chi connectivity index (χ2n) is 3.76. The largest absolute Gasteiger partial charge is 0.476 e. The first kappa shape index (κ1) is 15.0. The zero-order valence-electron chi connectivity index (χ0n) is 10.5. The molecule has 0 aromatic carbocycles. The molecule has 1 atom stereocenters. The third kappa shape index (κ3) is 3.71. The molecule has 0 radical (unpaired) electrons. The lowest BCUT2D eigenvalue weighted by Gasteiger charge is -2.14. The van der Waals surface area contributed by atoms with E-state index in [9.17, 15) is 9.59 Å². The fraction of sp³-hybridized carbons (Fsp3) is 0.545. The first-order chi connectivity index (χ1) is 8.49. The molecule has 0 spiro atoms. The van der Waals surface area contributed by atoms with E-state index in [1.54, 1.807) is 11.8 Å². The van der Waals surface area contributed by atoms with E-state index in [-0.39, 0.29) is 22.4 Å². The molecule has 0 saturated heterocycles. The molecule has 0 aliphatic heterocycles. The molecule has 0 fully saturated rings. The second kappa shape index (κ2) is 6.75. The average Bonchev–Trinajstić information content (AvgIpc) is 2.72. The van der Waals surface area contributed by atoms with Crippen LogP contribution in [0, 0.1) is 0 Å². The summed E-state index contributed by atoms with van der Waals surface area (Å²) < 4.78 is 0. The predicted octanol–water partition coefficient (Wildman–Crippen LogP) is 2.60. The van der Waals surface area contributed by atoms with E-state index in [1.807, 2.05) is 13.2 Å². The topological polar surface area (TPSA) is 79.3 Å². The summed E-state index contributed by atoms with van der Waals surface area (Å²) in [5.74, 6) is -0.522. The number of rotatable bonds is 7. The Hall–Kier alpha value is -1.08. The minimum absolute atomic E-state index is 0.158. The molecule has 100 valence electrons. The Balaban J connectivity index is 2.94. The first-order valence-electron chi connectivity index (χ1n) is 5.50. The smallest absolute Gasteiger partial charge is 0.356 e. The Bertz CT molecular complexity index is 414. The van der Waals surface area contributed by atoms with Crippen LogP contribution in [-0.4, -0.2) is 39.9 Å². The van der Waals surface area contributed by atoms with E-state index in [0.717, 1.165) is 23.5 Å². The molecule has 7 heteroatoms. The third-order valence-corrected chi connectivity index (χ3v) is 4.16. The summed E-state index contributed by atoms with van der Waals surface area (Å²) in [4.78, 5) is 26.5. The minimum Gasteiger partial charge on any atom is -0.476 e. The lowest BCUT2D eigenvalue weighted by Crippen LogP contribution is -2.21. The van der Waals surface area contributed by atoms with Crippen LogP contribution in [0.2, 0.25) is 0 Å². The monoisotopic (exact) mass is 288 g/mol. The van der Waals surface area contributed by atoms with E-state index in [0.29, 0.717) is 5.13 Å². The van der Waals surface area contributed by atoms with E-state index >= 15 is 0 Å². The van der Waals surface area contributed by atoms with Crippen molar-refractivity contribution in [3.63, 3.8) is 0 Å². The molecule has 0 bridgehead atoms. The number of carbonyl (C=O) groups is 2. The van der Waals surface area contributed by atoms with E-state index in [4.69, 9.17) is 5.11 Å². The molecule has 0 aliphatic rings. The number of nitrogens with zero attached hydrogens (tertiary/aromatic N) is 1. The summed E-state index contributed by atoms with van der Waals surface area (Å²) in [7, 11) is 0. The lowest BCUT2D eigenvalue weighted by molar-refractivity contribution is 0.0687. The van der Waals surface area contributed by atoms with Crippen molar-refractivity contribution < 1.29 is 14.7 Å². The van der Waals surface area contributed by atoms with Crippen LogP contribution in [0.25, 0.3) is 0 Å². The minimum atomic E-state index is -1.16. The highest BCUT2D eigenvalue weighted by Gasteiger charge is 2.21. The zero-order chi connectivity index (χ0) is 13.7. The van der Waals surface area contributed by atoms with Gasteiger partial charge in [-0.1, -0.05) is 18.3 Å². The summed E-state index contributed by atoms with van der Waals surface area (Å²) in [5, 5.41) is 12.7. The number of Topliss-reactive ketones (excluding diaryl/α,β-unsaturated/α-hetero) is 1. The van der Waals surface area contributed by atoms with Gasteiger partial charge in [-0.05, 0) is 12.7 Å². The van der Waals surface area contributed by atoms with Crippen LogP contribution >= 0.6 is 23.1 Å². The van der Waals surface area contributed by atoms with Gasteiger partial charge in [0.2, 0.25) is 0 Å². The van der Waals surface area contributed by atoms with Gasteiger partial charge in [-0.3, -0.25) is 4.79 Å². The number of carboxylic acids is 1. The van der Waals surface area contributed by atoms with Gasteiger partial charge < -0.3 is 10.4 Å². The second-order valence-corrected chi connectivity index (χ2v) is 5.67. The normalized spacial score (nSPS) is 12.2. The number of thiazole rings is 1. The standard InChI is InChI=1S/C11H16N2O3S2/c1-4-7(5-17-3)12-11-13-8(10(15)16)9(18-11)6(2)14/h7H,4-5H2,1-3H3,(H,12,13)(H,15,16). The number of carboxylic acid groups (broad SMARTS) is 1. The summed E-state index contributed by atoms with van der Waals surface area (Å²) in [5.41, 5.74) is -0.158. The Kier molecular flexibility index (Phi) is 5.61. The van der Waals surface area contributed by atoms with Crippen LogP contribution in [0.3, 0.4) is 0 Å². The zero-order valence-corrected chi connectivity index (χ0v) is 12.2. The Morgan fingerprint density at radius 3 is 2.61 bits per heavy atom. The van der Waals surface area contributed by atoms with Gasteiger partial charge in [-0.25, -0.2) is 9.78 Å². The van der Waals surface area contributed by atoms with Gasteiger partial charge >= 0.3 is 5.97 Å². The number of thioether (sulfide) groups is 1. The quantitative estimate of drug-likeness (QED) is 0.751. The van der Waals surface area contributed by atoms with Crippen molar-refractivity contribution in [2.75, 3.05) is 17.3 Å². The maximum atomic E-state index is 11.3. The van der Waals surface area contributed by atoms with Crippen molar-refractivity contribution in [1.82, 2.24) is 4.98 Å². The highest BCUT2D eigenvalue weighted by Crippen LogP contribution is 2.25. The van der Waals surface area contributed by atoms with Crippen molar-refractivity contribution in [1.29, 1.82) is 0 Å². The van der Waals surface area contributed by atoms with Gasteiger partial charge in [0.15, 0.2) is 16.6 Å². The van der Waals surface area contributed by atoms with Crippen molar-refractivity contribution in [2.45, 2.75) is 26.3 Å². The van der Waals surface area contributed by atoms with E-state index < -0.39 is 5.97 Å². The molecule has 1 heterocycles. The van der Waals surface area contributed by atoms with Crippen molar-refractivity contribution in [3.8, 4) is 0 Å². The summed E-state index contributed by atoms with van der Waals surface area (Å²) in [6.45, 7) is 3.40. The van der Waals surface area contributed by atoms with Gasteiger partial charge in [0.1, 0.15) is 4.88 Å². The van der Waals surface area contributed by atoms with Crippen LogP contribution in [0.1, 0.15) is 40.4 Å². The van der Waals surface area contributed by atoms with Crippen LogP contribution in [-0.2, 0) is 0 Å². The summed E-state index contributed by atoms with van der Waals surface area (Å²) >= 11 is 2.81. The molecule has 0 amide bonds. The third-order valence-electron chi connectivity index (χ3n) is 2.34. The molecule has 18 heavy (non-hydrogen) atoms. The molecule has 0 aliphatic carbocycles. The Morgan fingerprint density at radius 1 is 1.56 bits per heavy atom. The molecular weight excluding hydrogens is 272 g/mol. The molecule has 1 rings (SSSR count). The number of hydrogen-bond acceptors (Lipinski definition) is 6. The van der Waals surface area contributed by atoms with Crippen LogP contribution in [0.4, 0.5) is 5.13 Å². The van der Waals surface area contributed by atoms with Gasteiger partial charge in [-0.15, -0.1) is 0 Å². The molecule has 1 aromatic rings. The Morgan fingerprint density at radius 2 is 2.22 bits per heavy atom. The van der Waals surface area contributed by atoms with Gasteiger partial charge in [0, 0.05) is 18.7 Å². The molecule has 5 nitrogen and oxygen atoms in total. The number of nitrogens with one attached hydrogen (secondary N) is 1. The van der Waals surface area contributed by atoms with Crippen LogP contribution in [0.15, 0.2) is 0 Å². The number of anilines is 1. The SMILES string of the molecule is CCC(CSC)Nc1nc(C(=O)O)c(C(C)=O)s1. The van der Waals surface area contributed by atoms with Crippen molar-refractivity contribution >= 4 is 40.0 Å². The van der Waals surface area contributed by atoms with Gasteiger partial charge in [0.05, 0.1) is 0 Å². The molecule has 2 N–H and O–H groups in total. The molecule has 1 aromatic heterocycles. The number of ketones is 1. The first-order valence-corrected chi connectivity index (χ1v) is 7.71. The van der Waals surface area contributed by atoms with Gasteiger partial charge in [-0.2, -0.15) is 11.8 Å². The fourth-order valence-electron chi connectivity index (χ4n) is 1.40. The maximum absolute atomic E-state index is 11.3. The van der Waals surface area contributed by atoms with Crippen LogP contribution < -0.4 is 5.32 Å². The number of aromatic nitrogens is 1. The number of hydrogen-bond donors (Lipinski definition) is 2. The summed E-state index contributed by atoms with van der Waals surface area (Å²) in [6, 6.07) is 0.229. The Labute approximate surface area is 114 Å². The number of carbonyl (C=O) groups excluding carboxylic acids is 1. The highest BCUT2D eigenvalue weighted by atomic mass is 32.2. The fourth-order valence-corrected chi connectivity index (χ4v) is 3.05.